The van der Waals surface area contributed by atoms with E-state index in [9.17, 15) is 18.4 Å². The number of hydrogen-bond acceptors (Lipinski definition) is 4. The topological polar surface area (TPSA) is 76.0 Å². The van der Waals surface area contributed by atoms with Crippen molar-refractivity contribution in [2.45, 2.75) is 57.5 Å². The van der Waals surface area contributed by atoms with Gasteiger partial charge in [-0.25, -0.2) is 13.8 Å². The lowest BCUT2D eigenvalue weighted by Crippen LogP contribution is -2.46. The Morgan fingerprint density at radius 2 is 1.94 bits per heavy atom. The number of carbonyl (C=O) groups excluding carboxylic acids is 1. The Morgan fingerprint density at radius 1 is 1.18 bits per heavy atom. The van der Waals surface area contributed by atoms with Gasteiger partial charge in [-0.1, -0.05) is 0 Å². The van der Waals surface area contributed by atoms with Gasteiger partial charge in [-0.3, -0.25) is 14.2 Å². The van der Waals surface area contributed by atoms with Gasteiger partial charge in [0.2, 0.25) is 5.43 Å². The zero-order valence-corrected chi connectivity index (χ0v) is 18.6. The maximum absolute atomic E-state index is 14.8. The smallest absolute Gasteiger partial charge is 0.257 e. The van der Waals surface area contributed by atoms with E-state index in [4.69, 9.17) is 0 Å². The summed E-state index contributed by atoms with van der Waals surface area (Å²) in [6.45, 7) is 3.89. The van der Waals surface area contributed by atoms with Crippen molar-refractivity contribution in [3.8, 4) is 5.69 Å². The molecule has 0 atom stereocenters. The summed E-state index contributed by atoms with van der Waals surface area (Å²) < 4.78 is 29.7. The molecule has 2 aliphatic carbocycles. The van der Waals surface area contributed by atoms with E-state index in [1.807, 2.05) is 13.8 Å². The first kappa shape index (κ1) is 21.6. The van der Waals surface area contributed by atoms with Gasteiger partial charge in [0.15, 0.2) is 5.65 Å². The van der Waals surface area contributed by atoms with Gasteiger partial charge in [0.25, 0.3) is 5.91 Å². The quantitative estimate of drug-likeness (QED) is 0.596. The number of aromatic nitrogens is 2. The highest BCUT2D eigenvalue weighted by molar-refractivity contribution is 5.97. The largest absolute Gasteiger partial charge is 0.368 e. The summed E-state index contributed by atoms with van der Waals surface area (Å²) in [5.41, 5.74) is -0.619. The predicted octanol–water partition coefficient (Wildman–Crippen LogP) is 4.55. The summed E-state index contributed by atoms with van der Waals surface area (Å²) in [4.78, 5) is 31.1. The number of nitrogens with one attached hydrogen (secondary N) is 2. The summed E-state index contributed by atoms with van der Waals surface area (Å²) in [5.74, 6) is -0.866. The average Bonchev–Trinajstić information content (AvgIpc) is 3.34. The van der Waals surface area contributed by atoms with Crippen molar-refractivity contribution in [1.82, 2.24) is 14.9 Å². The molecule has 0 unspecified atom stereocenters. The second-order valence-electron chi connectivity index (χ2n) is 9.59. The van der Waals surface area contributed by atoms with Gasteiger partial charge >= 0.3 is 0 Å². The number of rotatable bonds is 5. The van der Waals surface area contributed by atoms with Crippen molar-refractivity contribution in [2.75, 3.05) is 5.32 Å². The predicted molar refractivity (Wildman–Crippen MR) is 123 cm³/mol. The molecule has 5 rings (SSSR count). The van der Waals surface area contributed by atoms with Crippen LogP contribution < -0.4 is 16.1 Å². The van der Waals surface area contributed by atoms with E-state index in [-0.39, 0.29) is 33.9 Å². The van der Waals surface area contributed by atoms with Crippen LogP contribution in [0.3, 0.4) is 0 Å². The Kier molecular flexibility index (Phi) is 5.18. The van der Waals surface area contributed by atoms with Gasteiger partial charge in [-0.05, 0) is 76.1 Å². The standard InChI is InChI=1S/C25H26F2N4O2/c1-14(2)28-21-6-4-17-22(32)18(24(33)30-25-9-7-15(12-25)8-10-25)13-31(23(17)29-21)20-5-3-16(26)11-19(20)27/h3-6,11,13-15H,7-10,12H2,1-2H3,(H,28,29)(H,30,33). The number of halogens is 2. The zero-order valence-electron chi connectivity index (χ0n) is 18.6. The van der Waals surface area contributed by atoms with E-state index < -0.39 is 23.0 Å². The molecule has 2 heterocycles. The number of pyridine rings is 2. The van der Waals surface area contributed by atoms with Crippen LogP contribution in [0.4, 0.5) is 14.6 Å². The van der Waals surface area contributed by atoms with Crippen LogP contribution in [0, 0.1) is 17.6 Å². The first-order valence-electron chi connectivity index (χ1n) is 11.4. The molecule has 8 heteroatoms. The Balaban J connectivity index is 1.66. The molecule has 2 N–H and O–H groups in total. The van der Waals surface area contributed by atoms with Crippen molar-refractivity contribution in [3.63, 3.8) is 0 Å². The molecule has 6 nitrogen and oxygen atoms in total. The molecule has 0 aliphatic heterocycles. The van der Waals surface area contributed by atoms with Crippen LogP contribution in [-0.4, -0.2) is 27.0 Å². The van der Waals surface area contributed by atoms with Crippen molar-refractivity contribution in [1.29, 1.82) is 0 Å². The van der Waals surface area contributed by atoms with Crippen molar-refractivity contribution in [2.24, 2.45) is 5.92 Å². The molecule has 3 aromatic rings. The average molecular weight is 453 g/mol. The summed E-state index contributed by atoms with van der Waals surface area (Å²) >= 11 is 0. The van der Waals surface area contributed by atoms with E-state index in [1.165, 1.54) is 16.8 Å². The molecule has 2 bridgehead atoms. The molecule has 0 spiro atoms. The fourth-order valence-electron chi connectivity index (χ4n) is 5.28. The van der Waals surface area contributed by atoms with Crippen molar-refractivity contribution in [3.05, 3.63) is 63.9 Å². The molecule has 2 fully saturated rings. The monoisotopic (exact) mass is 452 g/mol. The molecule has 2 aromatic heterocycles. The van der Waals surface area contributed by atoms with Crippen LogP contribution in [0.1, 0.15) is 56.3 Å². The maximum atomic E-state index is 14.8. The summed E-state index contributed by atoms with van der Waals surface area (Å²) in [7, 11) is 0. The number of carbonyl (C=O) groups is 1. The SMILES string of the molecule is CC(C)Nc1ccc2c(=O)c(C(=O)NC34CCC(CC3)C4)cn(-c3ccc(F)cc3F)c2n1. The van der Waals surface area contributed by atoms with Gasteiger partial charge in [-0.15, -0.1) is 0 Å². The van der Waals surface area contributed by atoms with Crippen LogP contribution in [0.25, 0.3) is 16.7 Å². The molecule has 0 radical (unpaired) electrons. The van der Waals surface area contributed by atoms with E-state index in [0.717, 1.165) is 44.2 Å². The number of nitrogens with zero attached hydrogens (tertiary/aromatic N) is 2. The minimum Gasteiger partial charge on any atom is -0.368 e. The lowest BCUT2D eigenvalue weighted by Gasteiger charge is -2.28. The normalized spacial score (nSPS) is 21.7. The lowest BCUT2D eigenvalue weighted by molar-refractivity contribution is 0.0899. The van der Waals surface area contributed by atoms with Gasteiger partial charge in [0, 0.05) is 23.8 Å². The second kappa shape index (κ2) is 7.93. The van der Waals surface area contributed by atoms with E-state index in [2.05, 4.69) is 15.6 Å². The molecular weight excluding hydrogens is 426 g/mol. The molecule has 33 heavy (non-hydrogen) atoms. The van der Waals surface area contributed by atoms with Gasteiger partial charge in [-0.2, -0.15) is 0 Å². The minimum absolute atomic E-state index is 0.00427. The number of fused-ring (bicyclic) bond motifs is 3. The number of amides is 1. The molecular formula is C25H26F2N4O2. The Bertz CT molecular complexity index is 1310. The maximum Gasteiger partial charge on any atom is 0.257 e. The fourth-order valence-corrected chi connectivity index (χ4v) is 5.28. The van der Waals surface area contributed by atoms with Crippen LogP contribution in [0.5, 0.6) is 0 Å². The molecule has 2 saturated carbocycles. The Morgan fingerprint density at radius 3 is 2.58 bits per heavy atom. The van der Waals surface area contributed by atoms with Crippen LogP contribution in [0.15, 0.2) is 41.3 Å². The lowest BCUT2D eigenvalue weighted by atomic mass is 9.93. The van der Waals surface area contributed by atoms with Gasteiger partial charge < -0.3 is 10.6 Å². The molecule has 0 saturated heterocycles. The summed E-state index contributed by atoms with van der Waals surface area (Å²) in [6.07, 6.45) is 6.23. The highest BCUT2D eigenvalue weighted by atomic mass is 19.1. The summed E-state index contributed by atoms with van der Waals surface area (Å²) in [5, 5.41) is 6.46. The third kappa shape index (κ3) is 3.87. The molecule has 1 amide bonds. The molecule has 172 valence electrons. The molecule has 1 aromatic carbocycles. The van der Waals surface area contributed by atoms with Crippen molar-refractivity contribution >= 4 is 22.8 Å². The fraction of sp³-hybridized carbons (Fsp3) is 0.400. The van der Waals surface area contributed by atoms with Crippen LogP contribution in [-0.2, 0) is 0 Å². The number of anilines is 1. The van der Waals surface area contributed by atoms with E-state index >= 15 is 0 Å². The molecule has 2 aliphatic rings. The van der Waals surface area contributed by atoms with Crippen LogP contribution in [0.2, 0.25) is 0 Å². The third-order valence-corrected chi connectivity index (χ3v) is 6.82. The van der Waals surface area contributed by atoms with E-state index in [0.29, 0.717) is 11.7 Å². The first-order valence-corrected chi connectivity index (χ1v) is 11.4. The Labute approximate surface area is 190 Å². The summed E-state index contributed by atoms with van der Waals surface area (Å²) in [6, 6.07) is 6.51. The second-order valence-corrected chi connectivity index (χ2v) is 9.59. The third-order valence-electron chi connectivity index (χ3n) is 6.82. The van der Waals surface area contributed by atoms with Crippen molar-refractivity contribution < 1.29 is 13.6 Å². The highest BCUT2D eigenvalue weighted by Crippen LogP contribution is 2.47. The van der Waals surface area contributed by atoms with Gasteiger partial charge in [0.05, 0.1) is 11.1 Å². The first-order chi connectivity index (χ1) is 15.7. The van der Waals surface area contributed by atoms with Gasteiger partial charge in [0.1, 0.15) is 23.0 Å². The number of hydrogen-bond donors (Lipinski definition) is 2. The Hall–Kier alpha value is -3.29. The highest BCUT2D eigenvalue weighted by Gasteiger charge is 2.46. The van der Waals surface area contributed by atoms with Crippen LogP contribution >= 0.6 is 0 Å². The zero-order chi connectivity index (χ0) is 23.3. The minimum atomic E-state index is -0.816. The van der Waals surface area contributed by atoms with E-state index in [1.54, 1.807) is 12.1 Å². The number of benzene rings is 1.